The number of amides is 1. The van der Waals surface area contributed by atoms with Crippen LogP contribution in [0.15, 0.2) is 24.4 Å². The summed E-state index contributed by atoms with van der Waals surface area (Å²) in [5.74, 6) is -0.710. The van der Waals surface area contributed by atoms with Crippen LogP contribution < -0.4 is 5.32 Å². The Morgan fingerprint density at radius 3 is 2.68 bits per heavy atom. The smallest absolute Gasteiger partial charge is 0.251 e. The second-order valence-electron chi connectivity index (χ2n) is 7.07. The highest BCUT2D eigenvalue weighted by molar-refractivity contribution is 5.81. The third-order valence-corrected chi connectivity index (χ3v) is 4.79. The Morgan fingerprint density at radius 2 is 1.96 bits per heavy atom. The van der Waals surface area contributed by atoms with Gasteiger partial charge in [0, 0.05) is 12.8 Å². The van der Waals surface area contributed by atoms with E-state index >= 15 is 0 Å². The highest BCUT2D eigenvalue weighted by Gasteiger charge is 2.48. The fraction of sp³-hybridized carbons (Fsp3) is 0.700. The fourth-order valence-electron chi connectivity index (χ4n) is 3.09. The number of rotatable bonds is 12. The number of nitrogens with zero attached hydrogens (tertiary/aromatic N) is 1. The molecule has 5 atom stereocenters. The summed E-state index contributed by atoms with van der Waals surface area (Å²) in [4.78, 5) is 16.2. The minimum Gasteiger partial charge on any atom is -0.387 e. The lowest BCUT2D eigenvalue weighted by molar-refractivity contribution is -0.181. The van der Waals surface area contributed by atoms with E-state index in [1.165, 1.54) is 19.3 Å². The summed E-state index contributed by atoms with van der Waals surface area (Å²) in [5.41, 5.74) is 0.635. The first-order valence-corrected chi connectivity index (χ1v) is 10.0. The predicted molar refractivity (Wildman–Crippen MR) is 102 cm³/mol. The van der Waals surface area contributed by atoms with Crippen molar-refractivity contribution in [1.29, 1.82) is 0 Å². The van der Waals surface area contributed by atoms with Gasteiger partial charge in [0.2, 0.25) is 0 Å². The molecule has 0 unspecified atom stereocenters. The lowest BCUT2D eigenvalue weighted by atomic mass is 10.1. The zero-order valence-corrected chi connectivity index (χ0v) is 16.4. The minimum atomic E-state index is -1.63. The summed E-state index contributed by atoms with van der Waals surface area (Å²) in [6.45, 7) is 2.69. The molecule has 0 aliphatic carbocycles. The van der Waals surface area contributed by atoms with Gasteiger partial charge >= 0.3 is 0 Å². The molecule has 1 amide bonds. The topological polar surface area (TPSA) is 121 Å². The van der Waals surface area contributed by atoms with Crippen LogP contribution >= 0.6 is 0 Å². The van der Waals surface area contributed by atoms with Crippen molar-refractivity contribution in [2.75, 3.05) is 6.61 Å². The second kappa shape index (κ2) is 12.1. The molecule has 158 valence electrons. The van der Waals surface area contributed by atoms with Gasteiger partial charge in [0.25, 0.3) is 5.91 Å². The first-order chi connectivity index (χ1) is 13.5. The molecule has 28 heavy (non-hydrogen) atoms. The molecule has 0 aromatic carbocycles. The first-order valence-electron chi connectivity index (χ1n) is 10.0. The fourth-order valence-corrected chi connectivity index (χ4v) is 3.09. The molecule has 0 spiro atoms. The van der Waals surface area contributed by atoms with Crippen molar-refractivity contribution in [3.63, 3.8) is 0 Å². The average Bonchev–Trinajstić information content (AvgIpc) is 3.00. The van der Waals surface area contributed by atoms with Crippen molar-refractivity contribution >= 4 is 5.91 Å². The van der Waals surface area contributed by atoms with Gasteiger partial charge < -0.3 is 30.1 Å². The van der Waals surface area contributed by atoms with Crippen molar-refractivity contribution in [3.8, 4) is 0 Å². The Hall–Kier alpha value is -1.58. The van der Waals surface area contributed by atoms with Gasteiger partial charge in [0.1, 0.15) is 18.3 Å². The van der Waals surface area contributed by atoms with Crippen LogP contribution in [0.3, 0.4) is 0 Å². The standard InChI is InChI=1S/C20H32N2O6/c1-2-3-4-5-6-9-12-27-20-16(24)15(23)18(28-20)17(25)19(26)22-13-14-10-7-8-11-21-14/h7-8,10-11,15-18,20,23-25H,2-6,9,12-13H2,1H3,(H,22,26)/t15-,16-,17+,18-,20-/m1/s1. The molecule has 1 aliphatic heterocycles. The van der Waals surface area contributed by atoms with Crippen LogP contribution in [-0.2, 0) is 20.8 Å². The average molecular weight is 396 g/mol. The number of nitrogens with one attached hydrogen (secondary N) is 1. The maximum Gasteiger partial charge on any atom is 0.251 e. The third kappa shape index (κ3) is 6.79. The molecule has 1 aromatic rings. The van der Waals surface area contributed by atoms with Crippen molar-refractivity contribution in [2.45, 2.75) is 82.7 Å². The predicted octanol–water partition coefficient (Wildman–Crippen LogP) is 0.882. The SMILES string of the molecule is CCCCCCCCO[C@@H]1O[C@@H]([C@H](O)C(=O)NCc2ccccn2)[C@H](O)[C@H]1O. The highest BCUT2D eigenvalue weighted by Crippen LogP contribution is 2.25. The van der Waals surface area contributed by atoms with Gasteiger partial charge in [-0.2, -0.15) is 0 Å². The summed E-state index contributed by atoms with van der Waals surface area (Å²) in [7, 11) is 0. The number of aliphatic hydroxyl groups is 3. The molecule has 4 N–H and O–H groups in total. The highest BCUT2D eigenvalue weighted by atomic mass is 16.7. The summed E-state index contributed by atoms with van der Waals surface area (Å²) < 4.78 is 10.9. The van der Waals surface area contributed by atoms with Gasteiger partial charge in [-0.3, -0.25) is 9.78 Å². The van der Waals surface area contributed by atoms with Gasteiger partial charge in [-0.25, -0.2) is 0 Å². The zero-order valence-electron chi connectivity index (χ0n) is 16.4. The van der Waals surface area contributed by atoms with Gasteiger partial charge in [-0.1, -0.05) is 45.1 Å². The van der Waals surface area contributed by atoms with Crippen LogP contribution in [0.1, 0.15) is 51.1 Å². The van der Waals surface area contributed by atoms with E-state index in [-0.39, 0.29) is 6.54 Å². The summed E-state index contributed by atoms with van der Waals surface area (Å²) >= 11 is 0. The van der Waals surface area contributed by atoms with Crippen molar-refractivity contribution < 1.29 is 29.6 Å². The number of ether oxygens (including phenoxy) is 2. The number of aromatic nitrogens is 1. The van der Waals surface area contributed by atoms with E-state index in [2.05, 4.69) is 17.2 Å². The van der Waals surface area contributed by atoms with Gasteiger partial charge in [-0.15, -0.1) is 0 Å². The van der Waals surface area contributed by atoms with Crippen molar-refractivity contribution in [1.82, 2.24) is 10.3 Å². The Kier molecular flexibility index (Phi) is 9.80. The van der Waals surface area contributed by atoms with Crippen LogP contribution in [0.25, 0.3) is 0 Å². The maximum absolute atomic E-state index is 12.1. The summed E-state index contributed by atoms with van der Waals surface area (Å²) in [6.07, 6.45) is 1.51. The van der Waals surface area contributed by atoms with E-state index in [9.17, 15) is 20.1 Å². The second-order valence-corrected chi connectivity index (χ2v) is 7.07. The maximum atomic E-state index is 12.1. The lowest BCUT2D eigenvalue weighted by Gasteiger charge is -2.20. The largest absolute Gasteiger partial charge is 0.387 e. The molecule has 2 rings (SSSR count). The van der Waals surface area contributed by atoms with Crippen LogP contribution in [0.4, 0.5) is 0 Å². The quantitative estimate of drug-likeness (QED) is 0.387. The van der Waals surface area contributed by atoms with Crippen molar-refractivity contribution in [3.05, 3.63) is 30.1 Å². The molecular weight excluding hydrogens is 364 g/mol. The summed E-state index contributed by atoms with van der Waals surface area (Å²) in [5, 5.41) is 33.0. The van der Waals surface area contributed by atoms with E-state index < -0.39 is 36.6 Å². The van der Waals surface area contributed by atoms with E-state index in [0.29, 0.717) is 12.3 Å². The van der Waals surface area contributed by atoms with E-state index in [0.717, 1.165) is 19.3 Å². The molecule has 1 saturated heterocycles. The van der Waals surface area contributed by atoms with Gasteiger partial charge in [0.15, 0.2) is 12.4 Å². The molecular formula is C20H32N2O6. The van der Waals surface area contributed by atoms with Crippen molar-refractivity contribution in [2.24, 2.45) is 0 Å². The normalized spacial score (nSPS) is 25.6. The number of hydrogen-bond acceptors (Lipinski definition) is 7. The van der Waals surface area contributed by atoms with Crippen LogP contribution in [0.5, 0.6) is 0 Å². The molecule has 8 heteroatoms. The van der Waals surface area contributed by atoms with Gasteiger partial charge in [0.05, 0.1) is 12.2 Å². The van der Waals surface area contributed by atoms with Crippen LogP contribution in [0, 0.1) is 0 Å². The Bertz CT molecular complexity index is 573. The molecule has 2 heterocycles. The van der Waals surface area contributed by atoms with Crippen LogP contribution in [0.2, 0.25) is 0 Å². The molecule has 1 aromatic heterocycles. The Morgan fingerprint density at radius 1 is 1.21 bits per heavy atom. The monoisotopic (exact) mass is 396 g/mol. The Balaban J connectivity index is 1.73. The molecule has 1 fully saturated rings. The number of pyridine rings is 1. The minimum absolute atomic E-state index is 0.139. The molecule has 8 nitrogen and oxygen atoms in total. The number of unbranched alkanes of at least 4 members (excludes halogenated alkanes) is 5. The third-order valence-electron chi connectivity index (χ3n) is 4.79. The zero-order chi connectivity index (χ0) is 20.4. The number of carbonyl (C=O) groups is 1. The van der Waals surface area contributed by atoms with E-state index in [4.69, 9.17) is 9.47 Å². The summed E-state index contributed by atoms with van der Waals surface area (Å²) in [6, 6.07) is 5.29. The molecule has 0 bridgehead atoms. The Labute approximate surface area is 165 Å². The van der Waals surface area contributed by atoms with E-state index in [1.807, 2.05) is 0 Å². The number of aliphatic hydroxyl groups excluding tert-OH is 3. The van der Waals surface area contributed by atoms with Gasteiger partial charge in [-0.05, 0) is 18.6 Å². The molecule has 0 saturated carbocycles. The first kappa shape index (κ1) is 22.7. The lowest BCUT2D eigenvalue weighted by Crippen LogP contribution is -2.47. The molecule has 0 radical (unpaired) electrons. The van der Waals surface area contributed by atoms with Crippen LogP contribution in [-0.4, -0.2) is 63.5 Å². The number of carbonyl (C=O) groups excluding carboxylic acids is 1. The molecule has 1 aliphatic rings. The number of hydrogen-bond donors (Lipinski definition) is 4. The van der Waals surface area contributed by atoms with E-state index in [1.54, 1.807) is 24.4 Å².